The van der Waals surface area contributed by atoms with Crippen LogP contribution in [0.2, 0.25) is 0 Å². The SMILES string of the molecule is Cc1cc(S(=O)(=O)NC(C)C)ccc1OCC(=O)N1CCN(Cc2ccccc2)CC1. The van der Waals surface area contributed by atoms with Crippen LogP contribution in [-0.2, 0) is 21.4 Å². The largest absolute Gasteiger partial charge is 0.483 e. The molecule has 0 bridgehead atoms. The van der Waals surface area contributed by atoms with Crippen LogP contribution in [0.3, 0.4) is 0 Å². The van der Waals surface area contributed by atoms with E-state index >= 15 is 0 Å². The lowest BCUT2D eigenvalue weighted by molar-refractivity contribution is -0.135. The lowest BCUT2D eigenvalue weighted by atomic mass is 10.2. The first kappa shape index (κ1) is 23.2. The van der Waals surface area contributed by atoms with Gasteiger partial charge in [-0.25, -0.2) is 13.1 Å². The van der Waals surface area contributed by atoms with Crippen molar-refractivity contribution < 1.29 is 17.9 Å². The monoisotopic (exact) mass is 445 g/mol. The second kappa shape index (κ2) is 10.3. The van der Waals surface area contributed by atoms with Gasteiger partial charge in [0.15, 0.2) is 6.61 Å². The smallest absolute Gasteiger partial charge is 0.260 e. The molecule has 0 spiro atoms. The van der Waals surface area contributed by atoms with Crippen molar-refractivity contribution in [3.8, 4) is 5.75 Å². The molecule has 0 aromatic heterocycles. The minimum absolute atomic E-state index is 0.0584. The molecule has 3 rings (SSSR count). The van der Waals surface area contributed by atoms with Crippen molar-refractivity contribution in [1.29, 1.82) is 0 Å². The Morgan fingerprint density at radius 2 is 1.74 bits per heavy atom. The van der Waals surface area contributed by atoms with Gasteiger partial charge < -0.3 is 9.64 Å². The van der Waals surface area contributed by atoms with Gasteiger partial charge in [-0.3, -0.25) is 9.69 Å². The molecular weight excluding hydrogens is 414 g/mol. The highest BCUT2D eigenvalue weighted by atomic mass is 32.2. The summed E-state index contributed by atoms with van der Waals surface area (Å²) in [5.74, 6) is 0.455. The number of nitrogens with one attached hydrogen (secondary N) is 1. The van der Waals surface area contributed by atoms with Gasteiger partial charge in [-0.15, -0.1) is 0 Å². The zero-order chi connectivity index (χ0) is 22.4. The molecule has 1 aliphatic rings. The molecule has 0 aliphatic carbocycles. The van der Waals surface area contributed by atoms with Crippen LogP contribution in [0, 0.1) is 6.92 Å². The van der Waals surface area contributed by atoms with Gasteiger partial charge >= 0.3 is 0 Å². The third-order valence-corrected chi connectivity index (χ3v) is 6.83. The van der Waals surface area contributed by atoms with Crippen molar-refractivity contribution in [3.05, 3.63) is 59.7 Å². The minimum Gasteiger partial charge on any atom is -0.483 e. The standard InChI is InChI=1S/C23H31N3O4S/c1-18(2)24-31(28,29)21-9-10-22(19(3)15-21)30-17-23(27)26-13-11-25(12-14-26)16-20-7-5-4-6-8-20/h4-10,15,18,24H,11-14,16-17H2,1-3H3. The molecule has 31 heavy (non-hydrogen) atoms. The van der Waals surface area contributed by atoms with Crippen molar-refractivity contribution >= 4 is 15.9 Å². The fourth-order valence-corrected chi connectivity index (χ4v) is 4.89. The zero-order valence-corrected chi connectivity index (χ0v) is 19.2. The molecule has 168 valence electrons. The quantitative estimate of drug-likeness (QED) is 0.675. The minimum atomic E-state index is -3.56. The molecule has 0 radical (unpaired) electrons. The van der Waals surface area contributed by atoms with Crippen LogP contribution in [0.1, 0.15) is 25.0 Å². The lowest BCUT2D eigenvalue weighted by Crippen LogP contribution is -2.49. The molecule has 1 fully saturated rings. The maximum absolute atomic E-state index is 12.6. The van der Waals surface area contributed by atoms with Crippen molar-refractivity contribution in [2.45, 2.75) is 38.3 Å². The number of piperazine rings is 1. The van der Waals surface area contributed by atoms with Gasteiger partial charge in [0.05, 0.1) is 4.90 Å². The molecule has 7 nitrogen and oxygen atoms in total. The number of nitrogens with zero attached hydrogens (tertiary/aromatic N) is 2. The molecule has 1 aliphatic heterocycles. The first-order valence-corrected chi connectivity index (χ1v) is 12.0. The number of carbonyl (C=O) groups is 1. The summed E-state index contributed by atoms with van der Waals surface area (Å²) in [5.41, 5.74) is 1.95. The predicted molar refractivity (Wildman–Crippen MR) is 120 cm³/mol. The Balaban J connectivity index is 1.50. The third kappa shape index (κ3) is 6.53. The number of sulfonamides is 1. The number of hydrogen-bond donors (Lipinski definition) is 1. The summed E-state index contributed by atoms with van der Waals surface area (Å²) in [6.45, 7) is 9.15. The average Bonchev–Trinajstić information content (AvgIpc) is 2.73. The van der Waals surface area contributed by atoms with Gasteiger partial charge in [0.1, 0.15) is 5.75 Å². The maximum atomic E-state index is 12.6. The normalized spacial score (nSPS) is 15.3. The van der Waals surface area contributed by atoms with Gasteiger partial charge in [0.2, 0.25) is 10.0 Å². The first-order chi connectivity index (χ1) is 14.7. The summed E-state index contributed by atoms with van der Waals surface area (Å²) in [7, 11) is -3.56. The Kier molecular flexibility index (Phi) is 7.69. The van der Waals surface area contributed by atoms with E-state index in [1.165, 1.54) is 11.6 Å². The molecule has 0 atom stereocenters. The number of benzene rings is 2. The van der Waals surface area contributed by atoms with E-state index in [1.807, 2.05) is 23.1 Å². The van der Waals surface area contributed by atoms with Crippen LogP contribution in [-0.4, -0.2) is 63.0 Å². The van der Waals surface area contributed by atoms with Gasteiger partial charge in [0, 0.05) is 38.8 Å². The van der Waals surface area contributed by atoms with Gasteiger partial charge in [-0.1, -0.05) is 30.3 Å². The second-order valence-electron chi connectivity index (χ2n) is 8.13. The summed E-state index contributed by atoms with van der Waals surface area (Å²) < 4.78 is 32.9. The van der Waals surface area contributed by atoms with E-state index < -0.39 is 10.0 Å². The number of amides is 1. The molecule has 1 N–H and O–H groups in total. The summed E-state index contributed by atoms with van der Waals surface area (Å²) in [5, 5.41) is 0. The van der Waals surface area contributed by atoms with E-state index in [1.54, 1.807) is 32.9 Å². The fraction of sp³-hybridized carbons (Fsp3) is 0.435. The Morgan fingerprint density at radius 1 is 1.06 bits per heavy atom. The predicted octanol–water partition coefficient (Wildman–Crippen LogP) is 2.40. The molecule has 1 amide bonds. The van der Waals surface area contributed by atoms with Crippen LogP contribution in [0.4, 0.5) is 0 Å². The number of carbonyl (C=O) groups excluding carboxylic acids is 1. The number of aryl methyl sites for hydroxylation is 1. The fourth-order valence-electron chi connectivity index (χ4n) is 3.56. The molecule has 2 aromatic rings. The Bertz CT molecular complexity index is 985. The Labute approximate surface area is 185 Å². The van der Waals surface area contributed by atoms with E-state index in [0.717, 1.165) is 19.6 Å². The van der Waals surface area contributed by atoms with Crippen LogP contribution in [0.25, 0.3) is 0 Å². The molecule has 8 heteroatoms. The van der Waals surface area contributed by atoms with E-state index in [0.29, 0.717) is 24.4 Å². The summed E-state index contributed by atoms with van der Waals surface area (Å²) >= 11 is 0. The molecule has 0 saturated carbocycles. The van der Waals surface area contributed by atoms with E-state index in [-0.39, 0.29) is 23.5 Å². The van der Waals surface area contributed by atoms with Crippen LogP contribution < -0.4 is 9.46 Å². The summed E-state index contributed by atoms with van der Waals surface area (Å²) in [6.07, 6.45) is 0. The van der Waals surface area contributed by atoms with E-state index in [4.69, 9.17) is 4.74 Å². The second-order valence-corrected chi connectivity index (χ2v) is 9.85. The van der Waals surface area contributed by atoms with Crippen molar-refractivity contribution in [1.82, 2.24) is 14.5 Å². The summed E-state index contributed by atoms with van der Waals surface area (Å²) in [6, 6.07) is 14.8. The molecule has 1 heterocycles. The zero-order valence-electron chi connectivity index (χ0n) is 18.4. The number of hydrogen-bond acceptors (Lipinski definition) is 5. The third-order valence-electron chi connectivity index (χ3n) is 5.17. The lowest BCUT2D eigenvalue weighted by Gasteiger charge is -2.34. The highest BCUT2D eigenvalue weighted by Crippen LogP contribution is 2.22. The van der Waals surface area contributed by atoms with Gasteiger partial charge in [-0.05, 0) is 50.1 Å². The first-order valence-electron chi connectivity index (χ1n) is 10.5. The highest BCUT2D eigenvalue weighted by Gasteiger charge is 2.22. The molecule has 0 unspecified atom stereocenters. The van der Waals surface area contributed by atoms with Crippen LogP contribution in [0.5, 0.6) is 5.75 Å². The van der Waals surface area contributed by atoms with Crippen molar-refractivity contribution in [2.75, 3.05) is 32.8 Å². The average molecular weight is 446 g/mol. The topological polar surface area (TPSA) is 78.9 Å². The van der Waals surface area contributed by atoms with E-state index in [9.17, 15) is 13.2 Å². The number of rotatable bonds is 8. The molecule has 2 aromatic carbocycles. The Morgan fingerprint density at radius 3 is 2.35 bits per heavy atom. The summed E-state index contributed by atoms with van der Waals surface area (Å²) in [4.78, 5) is 16.9. The van der Waals surface area contributed by atoms with Crippen LogP contribution in [0.15, 0.2) is 53.4 Å². The highest BCUT2D eigenvalue weighted by molar-refractivity contribution is 7.89. The van der Waals surface area contributed by atoms with Crippen molar-refractivity contribution in [2.24, 2.45) is 0 Å². The van der Waals surface area contributed by atoms with Gasteiger partial charge in [0.25, 0.3) is 5.91 Å². The van der Waals surface area contributed by atoms with Gasteiger partial charge in [-0.2, -0.15) is 0 Å². The maximum Gasteiger partial charge on any atom is 0.260 e. The molecule has 1 saturated heterocycles. The number of ether oxygens (including phenoxy) is 1. The van der Waals surface area contributed by atoms with Crippen molar-refractivity contribution in [3.63, 3.8) is 0 Å². The van der Waals surface area contributed by atoms with E-state index in [2.05, 4.69) is 21.8 Å². The Hall–Kier alpha value is -2.42. The molecular formula is C23H31N3O4S. The van der Waals surface area contributed by atoms with Crippen LogP contribution >= 0.6 is 0 Å².